The van der Waals surface area contributed by atoms with Gasteiger partial charge in [-0.3, -0.25) is 9.59 Å². The second kappa shape index (κ2) is 19.5. The molecule has 0 aromatic heterocycles. The van der Waals surface area contributed by atoms with E-state index in [0.29, 0.717) is 18.4 Å². The van der Waals surface area contributed by atoms with E-state index >= 15 is 4.79 Å². The highest BCUT2D eigenvalue weighted by molar-refractivity contribution is 5.94. The highest BCUT2D eigenvalue weighted by Crippen LogP contribution is 2.75. The van der Waals surface area contributed by atoms with E-state index in [2.05, 4.69) is 20.4 Å². The van der Waals surface area contributed by atoms with Gasteiger partial charge in [0.1, 0.15) is 30.5 Å². The van der Waals surface area contributed by atoms with E-state index in [0.717, 1.165) is 63.4 Å². The lowest BCUT2D eigenvalue weighted by molar-refractivity contribution is -0.438. The summed E-state index contributed by atoms with van der Waals surface area (Å²) in [5, 5.41) is 26.4. The third kappa shape index (κ3) is 8.37. The summed E-state index contributed by atoms with van der Waals surface area (Å²) in [6.45, 7) is 12.2. The predicted octanol–water partition coefficient (Wildman–Crippen LogP) is 9.73. The smallest absolute Gasteiger partial charge is 0.338 e. The van der Waals surface area contributed by atoms with Crippen LogP contribution in [0.3, 0.4) is 0 Å². The minimum atomic E-state index is -2.35. The number of epoxide rings is 1. The summed E-state index contributed by atoms with van der Waals surface area (Å²) in [4.78, 5) is 42.3. The third-order valence-corrected chi connectivity index (χ3v) is 17.1. The van der Waals surface area contributed by atoms with E-state index in [1.165, 1.54) is 57.8 Å². The average Bonchev–Trinajstić information content (AvgIpc) is 3.92. The van der Waals surface area contributed by atoms with Gasteiger partial charge in [0, 0.05) is 36.5 Å². The van der Waals surface area contributed by atoms with E-state index in [-0.39, 0.29) is 32.0 Å². The molecular formula is C53H78O11. The van der Waals surface area contributed by atoms with Crippen LogP contribution in [-0.4, -0.2) is 87.8 Å². The number of esters is 2. The number of aliphatic hydroxyl groups excluding tert-OH is 1. The summed E-state index contributed by atoms with van der Waals surface area (Å²) in [5.74, 6) is -6.32. The average molecular weight is 891 g/mol. The van der Waals surface area contributed by atoms with E-state index in [1.54, 1.807) is 24.3 Å². The van der Waals surface area contributed by atoms with E-state index in [1.807, 2.05) is 19.9 Å². The van der Waals surface area contributed by atoms with Crippen molar-refractivity contribution in [3.05, 3.63) is 48.0 Å². The first-order valence-corrected chi connectivity index (χ1v) is 25.6. The van der Waals surface area contributed by atoms with Crippen molar-refractivity contribution >= 4 is 17.7 Å². The lowest BCUT2D eigenvalue weighted by Crippen LogP contribution is -2.74. The summed E-state index contributed by atoms with van der Waals surface area (Å²) >= 11 is 0. The molecule has 2 spiro atoms. The number of hydrogen-bond acceptors (Lipinski definition) is 11. The maximum atomic E-state index is 15.1. The Kier molecular flexibility index (Phi) is 14.6. The first kappa shape index (κ1) is 47.8. The fraction of sp³-hybridized carbons (Fsp3) is 0.792. The monoisotopic (exact) mass is 891 g/mol. The fourth-order valence-corrected chi connectivity index (χ4v) is 13.8. The van der Waals surface area contributed by atoms with E-state index in [4.69, 9.17) is 28.4 Å². The Morgan fingerprint density at radius 2 is 1.47 bits per heavy atom. The lowest BCUT2D eigenvalue weighted by Gasteiger charge is -2.61. The second-order valence-electron chi connectivity index (χ2n) is 21.2. The Morgan fingerprint density at radius 3 is 2.14 bits per heavy atom. The molecule has 0 unspecified atom stereocenters. The maximum Gasteiger partial charge on any atom is 0.338 e. The molecule has 1 aromatic carbocycles. The van der Waals surface area contributed by atoms with Crippen molar-refractivity contribution in [2.75, 3.05) is 13.2 Å². The summed E-state index contributed by atoms with van der Waals surface area (Å²) < 4.78 is 40.8. The number of hydrogen-bond donors (Lipinski definition) is 2. The summed E-state index contributed by atoms with van der Waals surface area (Å²) in [6.07, 6.45) is 18.8. The Morgan fingerprint density at radius 1 is 0.828 bits per heavy atom. The van der Waals surface area contributed by atoms with Crippen LogP contribution in [0.5, 0.6) is 0 Å². The molecule has 1 aromatic rings. The zero-order valence-corrected chi connectivity index (χ0v) is 39.3. The number of rotatable bonds is 20. The van der Waals surface area contributed by atoms with Gasteiger partial charge in [-0.25, -0.2) is 4.79 Å². The van der Waals surface area contributed by atoms with E-state index < -0.39 is 94.0 Å². The molecule has 0 amide bonds. The first-order valence-electron chi connectivity index (χ1n) is 25.6. The van der Waals surface area contributed by atoms with Crippen molar-refractivity contribution in [1.29, 1.82) is 0 Å². The zero-order valence-electron chi connectivity index (χ0n) is 39.3. The highest BCUT2D eigenvalue weighted by atomic mass is 16.9. The number of ketones is 1. The number of carbonyl (C=O) groups excluding carboxylic acids is 3. The van der Waals surface area contributed by atoms with Gasteiger partial charge < -0.3 is 38.6 Å². The van der Waals surface area contributed by atoms with Gasteiger partial charge in [-0.2, -0.15) is 0 Å². The van der Waals surface area contributed by atoms with Crippen LogP contribution in [-0.2, 0) is 38.0 Å². The molecule has 14 atom stereocenters. The van der Waals surface area contributed by atoms with Crippen LogP contribution in [0.4, 0.5) is 0 Å². The number of carbonyl (C=O) groups is 3. The van der Waals surface area contributed by atoms with Gasteiger partial charge in [0.15, 0.2) is 17.0 Å². The number of aliphatic hydroxyl groups is 2. The molecule has 64 heavy (non-hydrogen) atoms. The fourth-order valence-electron chi connectivity index (χ4n) is 13.8. The molecule has 3 saturated carbocycles. The molecule has 356 valence electrons. The van der Waals surface area contributed by atoms with Gasteiger partial charge in [-0.1, -0.05) is 155 Å². The lowest BCUT2D eigenvalue weighted by atomic mass is 9.51. The predicted molar refractivity (Wildman–Crippen MR) is 241 cm³/mol. The summed E-state index contributed by atoms with van der Waals surface area (Å²) in [5.41, 5.74) is -5.39. The SMILES string of the molecule is C=C(C)[C@]12C[C@@H](COC(=O)c3ccccc3)[C@@]34O[C@@]5(CCCCCCC[C@H](C)[C@H]6[C@H](C)C(=O)[C@@](O)([C@H](O)[C@@]7(COC(=O)CCCCCCCCCCCCCCC)O[C@H]7[C@H]3[C@H]1O5)[C@@H]64)O2. The Labute approximate surface area is 382 Å². The second-order valence-corrected chi connectivity index (χ2v) is 21.2. The van der Waals surface area contributed by atoms with Crippen molar-refractivity contribution in [2.24, 2.45) is 35.5 Å². The molecular weight excluding hydrogens is 813 g/mol. The third-order valence-electron chi connectivity index (χ3n) is 17.1. The van der Waals surface area contributed by atoms with Crippen molar-refractivity contribution in [2.45, 2.75) is 216 Å². The summed E-state index contributed by atoms with van der Waals surface area (Å²) in [6, 6.07) is 8.82. The number of benzene rings is 1. The van der Waals surface area contributed by atoms with Gasteiger partial charge in [0.05, 0.1) is 17.8 Å². The molecule has 8 rings (SSSR count). The maximum absolute atomic E-state index is 15.1. The van der Waals surface area contributed by atoms with E-state index in [9.17, 15) is 19.8 Å². The minimum Gasteiger partial charge on any atom is -0.462 e. The molecule has 0 radical (unpaired) electrons. The minimum absolute atomic E-state index is 0.0355. The number of ether oxygens (including phenoxy) is 6. The van der Waals surface area contributed by atoms with Crippen molar-refractivity contribution < 1.29 is 53.0 Å². The van der Waals surface area contributed by atoms with Crippen LogP contribution in [0, 0.1) is 35.5 Å². The molecule has 2 N–H and O–H groups in total. The highest BCUT2D eigenvalue weighted by Gasteiger charge is 2.90. The van der Waals surface area contributed by atoms with Gasteiger partial charge in [-0.05, 0) is 55.7 Å². The topological polar surface area (TPSA) is 150 Å². The van der Waals surface area contributed by atoms with Crippen LogP contribution in [0.15, 0.2) is 42.5 Å². The van der Waals surface area contributed by atoms with Crippen LogP contribution < -0.4 is 0 Å². The molecule has 7 aliphatic rings. The number of unbranched alkanes of at least 4 members (excludes halogenated alkanes) is 12. The first-order chi connectivity index (χ1) is 30.8. The quantitative estimate of drug-likeness (QED) is 0.0558. The Balaban J connectivity index is 1.07. The molecule has 3 bridgehead atoms. The molecule has 4 heterocycles. The molecule has 4 aliphatic heterocycles. The van der Waals surface area contributed by atoms with Crippen LogP contribution in [0.2, 0.25) is 0 Å². The standard InChI is InChI=1S/C53H78O11/c1-6-7-8-9-10-11-12-13-14-15-16-19-25-30-40(54)60-34-50-46(61-50)42-45-49(35(2)3)32-39(33-59-47(56)38-28-23-21-24-29-38)53(42)43-41(37(5)44(55)52(43,58)48(50)57)36(4)27-22-18-17-20-26-31-51(62-45,63-49)64-53/h21,23-24,28-29,36-37,39,41-43,45-46,48,57-58H,2,6-20,22,25-27,30-34H2,1,3-5H3/t36-,37-,39-,41-,42+,43+,45+,46-,48+,49+,50-,51+,52+,53+/m0/s1. The van der Waals surface area contributed by atoms with Crippen LogP contribution >= 0.6 is 0 Å². The normalized spacial score (nSPS) is 40.7. The molecule has 3 aliphatic carbocycles. The molecule has 7 fully saturated rings. The number of fused-ring (bicyclic) bond motifs is 1. The molecule has 11 heteroatoms. The number of Topliss-reactive ketones (excluding diaryl/α,β-unsaturated/α-hetero) is 1. The van der Waals surface area contributed by atoms with Gasteiger partial charge >= 0.3 is 11.9 Å². The Hall–Kier alpha value is -2.67. The van der Waals surface area contributed by atoms with Gasteiger partial charge in [-0.15, -0.1) is 0 Å². The van der Waals surface area contributed by atoms with Crippen molar-refractivity contribution in [3.8, 4) is 0 Å². The Bertz CT molecular complexity index is 1820. The molecule has 11 nitrogen and oxygen atoms in total. The largest absolute Gasteiger partial charge is 0.462 e. The van der Waals surface area contributed by atoms with Crippen molar-refractivity contribution in [3.63, 3.8) is 0 Å². The summed E-state index contributed by atoms with van der Waals surface area (Å²) in [7, 11) is 0. The van der Waals surface area contributed by atoms with Crippen LogP contribution in [0.1, 0.15) is 179 Å². The van der Waals surface area contributed by atoms with Gasteiger partial charge in [0.25, 0.3) is 5.97 Å². The van der Waals surface area contributed by atoms with Crippen LogP contribution in [0.25, 0.3) is 0 Å². The van der Waals surface area contributed by atoms with Gasteiger partial charge in [0.2, 0.25) is 0 Å². The zero-order chi connectivity index (χ0) is 45.3. The molecule has 4 saturated heterocycles. The van der Waals surface area contributed by atoms with Crippen molar-refractivity contribution in [1.82, 2.24) is 0 Å².